The first kappa shape index (κ1) is 21.6. The first-order valence-electron chi connectivity index (χ1n) is 7.95. The van der Waals surface area contributed by atoms with Crippen molar-refractivity contribution in [3.05, 3.63) is 62.0 Å². The van der Waals surface area contributed by atoms with E-state index in [4.69, 9.17) is 16.4 Å². The van der Waals surface area contributed by atoms with Crippen molar-refractivity contribution in [2.75, 3.05) is 0 Å². The van der Waals surface area contributed by atoms with Crippen LogP contribution in [0.3, 0.4) is 0 Å². The highest BCUT2D eigenvalue weighted by molar-refractivity contribution is 9.11. The molecule has 0 bridgehead atoms. The molecule has 1 aliphatic heterocycles. The number of carbonyl (C=O) groups excluding carboxylic acids is 2. The van der Waals surface area contributed by atoms with E-state index < -0.39 is 21.9 Å². The van der Waals surface area contributed by atoms with Crippen LogP contribution in [0.5, 0.6) is 5.75 Å². The molecule has 11 heteroatoms. The van der Waals surface area contributed by atoms with Crippen LogP contribution in [0.1, 0.15) is 11.1 Å². The normalized spacial score (nSPS) is 14.3. The fourth-order valence-corrected chi connectivity index (χ4v) is 5.13. The second kappa shape index (κ2) is 8.34. The molecule has 2 aromatic carbocycles. The van der Waals surface area contributed by atoms with Crippen molar-refractivity contribution in [1.82, 2.24) is 10.6 Å². The second-order valence-electron chi connectivity index (χ2n) is 5.96. The molecule has 0 unspecified atom stereocenters. The second-order valence-corrected chi connectivity index (χ2v) is 9.62. The van der Waals surface area contributed by atoms with Gasteiger partial charge in [-0.15, -0.1) is 0 Å². The number of nitrogens with one attached hydrogen (secondary N) is 2. The molecule has 0 radical (unpaired) electrons. The molecular formula is C18H12Br2N2O5S2. The highest BCUT2D eigenvalue weighted by Crippen LogP contribution is 2.37. The van der Waals surface area contributed by atoms with Gasteiger partial charge in [0.1, 0.15) is 10.5 Å². The molecule has 3 rings (SSSR count). The molecule has 150 valence electrons. The third kappa shape index (κ3) is 4.92. The van der Waals surface area contributed by atoms with Crippen LogP contribution in [0.2, 0.25) is 0 Å². The van der Waals surface area contributed by atoms with E-state index in [2.05, 4.69) is 42.5 Å². The Labute approximate surface area is 188 Å². The zero-order chi connectivity index (χ0) is 21.3. The maximum absolute atomic E-state index is 12.5. The van der Waals surface area contributed by atoms with Crippen LogP contribution in [0.15, 0.2) is 55.8 Å². The molecule has 29 heavy (non-hydrogen) atoms. The highest BCUT2D eigenvalue weighted by atomic mass is 79.9. The van der Waals surface area contributed by atoms with Gasteiger partial charge >= 0.3 is 10.1 Å². The lowest BCUT2D eigenvalue weighted by Crippen LogP contribution is -2.51. The van der Waals surface area contributed by atoms with Gasteiger partial charge in [0.05, 0.1) is 8.95 Å². The molecule has 0 aliphatic carbocycles. The summed E-state index contributed by atoms with van der Waals surface area (Å²) in [7, 11) is -4.06. The topological polar surface area (TPSA) is 102 Å². The highest BCUT2D eigenvalue weighted by Gasteiger charge is 2.26. The average molecular weight is 560 g/mol. The summed E-state index contributed by atoms with van der Waals surface area (Å²) >= 11 is 11.3. The van der Waals surface area contributed by atoms with Gasteiger partial charge in [0, 0.05) is 0 Å². The van der Waals surface area contributed by atoms with Gasteiger partial charge in [-0.05, 0) is 86.9 Å². The number of benzene rings is 2. The SMILES string of the molecule is Cc1ccc(S(=O)(=O)Oc2c(Br)cc(C=C3C(=O)NC(=S)NC3=O)cc2Br)cc1. The van der Waals surface area contributed by atoms with E-state index in [1.807, 2.05) is 6.92 Å². The summed E-state index contributed by atoms with van der Waals surface area (Å²) in [6, 6.07) is 9.28. The molecule has 0 atom stereocenters. The Morgan fingerprint density at radius 3 is 2.03 bits per heavy atom. The van der Waals surface area contributed by atoms with Gasteiger partial charge in [-0.3, -0.25) is 20.2 Å². The molecule has 1 fully saturated rings. The van der Waals surface area contributed by atoms with Gasteiger partial charge in [0.2, 0.25) is 0 Å². The molecule has 2 N–H and O–H groups in total. The Hall–Kier alpha value is -2.08. The van der Waals surface area contributed by atoms with E-state index in [1.54, 1.807) is 12.1 Å². The van der Waals surface area contributed by atoms with Gasteiger partial charge < -0.3 is 4.18 Å². The van der Waals surface area contributed by atoms with Crippen molar-refractivity contribution in [3.8, 4) is 5.75 Å². The van der Waals surface area contributed by atoms with Gasteiger partial charge in [0.15, 0.2) is 10.9 Å². The fraction of sp³-hybridized carbons (Fsp3) is 0.0556. The summed E-state index contributed by atoms with van der Waals surface area (Å²) in [5.41, 5.74) is 1.23. The monoisotopic (exact) mass is 558 g/mol. The Bertz CT molecular complexity index is 1130. The number of hydrogen-bond acceptors (Lipinski definition) is 6. The predicted octanol–water partition coefficient (Wildman–Crippen LogP) is 3.20. The maximum Gasteiger partial charge on any atom is 0.339 e. The molecule has 1 saturated heterocycles. The molecule has 0 saturated carbocycles. The lowest BCUT2D eigenvalue weighted by Gasteiger charge is -2.16. The number of carbonyl (C=O) groups is 2. The number of rotatable bonds is 4. The van der Waals surface area contributed by atoms with Crippen molar-refractivity contribution < 1.29 is 22.2 Å². The molecule has 7 nitrogen and oxygen atoms in total. The van der Waals surface area contributed by atoms with E-state index in [1.165, 1.54) is 30.3 Å². The third-order valence-electron chi connectivity index (χ3n) is 3.78. The van der Waals surface area contributed by atoms with Crippen molar-refractivity contribution in [2.45, 2.75) is 11.8 Å². The predicted molar refractivity (Wildman–Crippen MR) is 118 cm³/mol. The quantitative estimate of drug-likeness (QED) is 0.258. The summed E-state index contributed by atoms with van der Waals surface area (Å²) < 4.78 is 31.0. The lowest BCUT2D eigenvalue weighted by atomic mass is 10.1. The summed E-state index contributed by atoms with van der Waals surface area (Å²) in [4.78, 5) is 24.0. The number of hydrogen-bond donors (Lipinski definition) is 2. The minimum atomic E-state index is -4.06. The Morgan fingerprint density at radius 1 is 1.00 bits per heavy atom. The van der Waals surface area contributed by atoms with Crippen molar-refractivity contribution in [1.29, 1.82) is 0 Å². The molecule has 1 heterocycles. The smallest absolute Gasteiger partial charge is 0.339 e. The molecule has 2 aromatic rings. The lowest BCUT2D eigenvalue weighted by molar-refractivity contribution is -0.123. The van der Waals surface area contributed by atoms with Crippen LogP contribution >= 0.6 is 44.1 Å². The largest absolute Gasteiger partial charge is 0.377 e. The Kier molecular flexibility index (Phi) is 6.22. The van der Waals surface area contributed by atoms with Crippen LogP contribution in [-0.2, 0) is 19.7 Å². The molecular weight excluding hydrogens is 548 g/mol. The van der Waals surface area contributed by atoms with Crippen molar-refractivity contribution >= 4 is 77.2 Å². The van der Waals surface area contributed by atoms with Crippen molar-refractivity contribution in [3.63, 3.8) is 0 Å². The van der Waals surface area contributed by atoms with Gasteiger partial charge in [-0.25, -0.2) is 0 Å². The number of aryl methyl sites for hydroxylation is 1. The molecule has 2 amide bonds. The zero-order valence-corrected chi connectivity index (χ0v) is 19.5. The number of thiocarbonyl (C=S) groups is 1. The zero-order valence-electron chi connectivity index (χ0n) is 14.7. The minimum Gasteiger partial charge on any atom is -0.377 e. The van der Waals surface area contributed by atoms with Crippen LogP contribution < -0.4 is 14.8 Å². The average Bonchev–Trinajstić information content (AvgIpc) is 2.61. The van der Waals surface area contributed by atoms with Crippen LogP contribution in [0.4, 0.5) is 0 Å². The van der Waals surface area contributed by atoms with Gasteiger partial charge in [-0.2, -0.15) is 8.42 Å². The first-order chi connectivity index (χ1) is 13.6. The number of amides is 2. The standard InChI is InChI=1S/C18H12Br2N2O5S2/c1-9-2-4-11(5-3-9)29(25,26)27-15-13(19)7-10(8-14(15)20)6-12-16(23)21-18(28)22-17(12)24/h2-8H,1H3,(H2,21,22,23,24,28). The maximum atomic E-state index is 12.5. The minimum absolute atomic E-state index is 0.0135. The summed E-state index contributed by atoms with van der Waals surface area (Å²) in [5, 5.41) is 4.61. The van der Waals surface area contributed by atoms with Crippen LogP contribution in [0, 0.1) is 6.92 Å². The molecule has 1 aliphatic rings. The van der Waals surface area contributed by atoms with E-state index in [0.717, 1.165) is 5.56 Å². The summed E-state index contributed by atoms with van der Waals surface area (Å²) in [5.74, 6) is -1.23. The summed E-state index contributed by atoms with van der Waals surface area (Å²) in [6.07, 6.45) is 1.35. The third-order valence-corrected chi connectivity index (χ3v) is 6.40. The van der Waals surface area contributed by atoms with E-state index in [9.17, 15) is 18.0 Å². The van der Waals surface area contributed by atoms with Gasteiger partial charge in [0.25, 0.3) is 11.8 Å². The van der Waals surface area contributed by atoms with Crippen LogP contribution in [0.25, 0.3) is 6.08 Å². The molecule has 0 spiro atoms. The fourth-order valence-electron chi connectivity index (χ4n) is 2.38. The van der Waals surface area contributed by atoms with Crippen LogP contribution in [-0.4, -0.2) is 25.3 Å². The molecule has 0 aromatic heterocycles. The van der Waals surface area contributed by atoms with E-state index in [0.29, 0.717) is 14.5 Å². The Balaban J connectivity index is 1.93. The number of halogens is 2. The van der Waals surface area contributed by atoms with Crippen molar-refractivity contribution in [2.24, 2.45) is 0 Å². The van der Waals surface area contributed by atoms with Gasteiger partial charge in [-0.1, -0.05) is 17.7 Å². The Morgan fingerprint density at radius 2 is 1.52 bits per heavy atom. The van der Waals surface area contributed by atoms with E-state index in [-0.39, 0.29) is 21.3 Å². The first-order valence-corrected chi connectivity index (χ1v) is 11.4. The van der Waals surface area contributed by atoms with E-state index >= 15 is 0 Å². The summed E-state index contributed by atoms with van der Waals surface area (Å²) in [6.45, 7) is 1.85.